The zero-order valence-electron chi connectivity index (χ0n) is 25.0. The van der Waals surface area contributed by atoms with Crippen LogP contribution < -0.4 is 15.4 Å². The Balaban J connectivity index is 1.37. The number of benzene rings is 1. The van der Waals surface area contributed by atoms with Crippen LogP contribution in [0.1, 0.15) is 67.5 Å². The molecule has 0 unspecified atom stereocenters. The van der Waals surface area contributed by atoms with E-state index in [4.69, 9.17) is 12.2 Å². The van der Waals surface area contributed by atoms with Gasteiger partial charge in [-0.3, -0.25) is 18.9 Å². The van der Waals surface area contributed by atoms with E-state index in [0.29, 0.717) is 92.8 Å². The van der Waals surface area contributed by atoms with Crippen LogP contribution in [-0.4, -0.2) is 48.0 Å². The maximum Gasteiger partial charge on any atom is 0.276 e. The maximum absolute atomic E-state index is 16.0. The number of nitrogens with zero attached hydrogens (tertiary/aromatic N) is 8. The van der Waals surface area contributed by atoms with Crippen molar-refractivity contribution < 1.29 is 13.8 Å². The van der Waals surface area contributed by atoms with Crippen LogP contribution in [0.25, 0.3) is 11.0 Å². The standard InChI is InChI=1S/C32H33F2N9OS/c1-21-22-4-2-5-24(14-22)32(33,34)23-6-12-40(13-7-23)16-25-17-41(39-38-25)10-3-11-42-28-26(29(37-19-36-28)43(21)20-45)15-27(30(42)44)31(18-35)8-9-31/h2,4-5,14-15,17,19-21,23H,3,6-13,16H2,1H3/p+1/t21-/m1/s1. The van der Waals surface area contributed by atoms with E-state index in [-0.39, 0.29) is 11.1 Å². The molecule has 0 spiro atoms. The molecule has 1 N–H and O–H groups in total. The highest BCUT2D eigenvalue weighted by Crippen LogP contribution is 2.47. The van der Waals surface area contributed by atoms with Gasteiger partial charge in [0, 0.05) is 42.9 Å². The molecule has 13 heteroatoms. The van der Waals surface area contributed by atoms with Crippen LogP contribution in [-0.2, 0) is 31.0 Å². The Morgan fingerprint density at radius 2 is 1.96 bits per heavy atom. The lowest BCUT2D eigenvalue weighted by molar-refractivity contribution is -0.366. The molecule has 1 atom stereocenters. The number of rotatable bonds is 2. The number of nitriles is 1. The van der Waals surface area contributed by atoms with E-state index in [0.717, 1.165) is 5.69 Å². The summed E-state index contributed by atoms with van der Waals surface area (Å²) in [6.07, 6.45) is 5.96. The normalized spacial score (nSPS) is 24.1. The third kappa shape index (κ3) is 5.19. The van der Waals surface area contributed by atoms with E-state index in [1.54, 1.807) is 32.3 Å². The second-order valence-electron chi connectivity index (χ2n) is 12.5. The first-order valence-electron chi connectivity index (χ1n) is 15.4. The molecular formula is C32H34F2N9OS+. The van der Waals surface area contributed by atoms with Crippen LogP contribution in [0, 0.1) is 17.2 Å². The van der Waals surface area contributed by atoms with Gasteiger partial charge >= 0.3 is 0 Å². The first kappa shape index (κ1) is 29.6. The Labute approximate surface area is 264 Å². The van der Waals surface area contributed by atoms with Gasteiger partial charge in [0.2, 0.25) is 17.8 Å². The number of pyridine rings is 1. The Morgan fingerprint density at radius 3 is 2.69 bits per heavy atom. The molecule has 4 aliphatic rings. The summed E-state index contributed by atoms with van der Waals surface area (Å²) in [5.41, 5.74) is 2.76. The lowest BCUT2D eigenvalue weighted by atomic mass is 9.85. The van der Waals surface area contributed by atoms with Crippen molar-refractivity contribution in [2.45, 2.75) is 76.0 Å². The molecule has 4 aromatic rings. The zero-order chi connectivity index (χ0) is 31.3. The molecule has 0 radical (unpaired) electrons. The van der Waals surface area contributed by atoms with Crippen molar-refractivity contribution in [1.29, 1.82) is 5.26 Å². The van der Waals surface area contributed by atoms with Crippen molar-refractivity contribution in [2.24, 2.45) is 5.92 Å². The van der Waals surface area contributed by atoms with Crippen LogP contribution >= 0.6 is 12.2 Å². The van der Waals surface area contributed by atoms with Gasteiger partial charge in [-0.05, 0) is 69.8 Å². The molecule has 3 aliphatic heterocycles. The molecule has 6 heterocycles. The summed E-state index contributed by atoms with van der Waals surface area (Å²) in [6.45, 7) is 4.44. The number of anilines is 1. The second kappa shape index (κ2) is 11.3. The molecule has 45 heavy (non-hydrogen) atoms. The molecule has 10 nitrogen and oxygen atoms in total. The Kier molecular flexibility index (Phi) is 7.44. The lowest BCUT2D eigenvalue weighted by Gasteiger charge is -2.36. The van der Waals surface area contributed by atoms with Gasteiger partial charge in [-0.15, -0.1) is 5.10 Å². The SMILES string of the molecule is C[C@@H]1c2cccc(c2)C(F)(F)C2CCN(CC2)Cc2cn(nn2)CCCn2c(=O)c(C3(C#N)CC3)cc3c([nH+]cnc32)N1C=S. The third-order valence-electron chi connectivity index (χ3n) is 9.77. The molecule has 8 rings (SSSR count). The van der Waals surface area contributed by atoms with Gasteiger partial charge in [0.1, 0.15) is 16.9 Å². The quantitative estimate of drug-likeness (QED) is 0.302. The van der Waals surface area contributed by atoms with E-state index in [2.05, 4.69) is 31.2 Å². The number of alkyl halides is 2. The number of aromatic amines is 1. The van der Waals surface area contributed by atoms with Crippen LogP contribution in [0.2, 0.25) is 0 Å². The number of halogens is 2. The van der Waals surface area contributed by atoms with Crippen molar-refractivity contribution in [3.8, 4) is 6.07 Å². The molecule has 232 valence electrons. The smallest absolute Gasteiger partial charge is 0.276 e. The van der Waals surface area contributed by atoms with Gasteiger partial charge in [0.15, 0.2) is 0 Å². The number of aryl methyl sites for hydroxylation is 2. The lowest BCUT2D eigenvalue weighted by Crippen LogP contribution is -2.39. The largest absolute Gasteiger partial charge is 0.297 e. The summed E-state index contributed by atoms with van der Waals surface area (Å²) in [5.74, 6) is -3.20. The summed E-state index contributed by atoms with van der Waals surface area (Å²) in [6, 6.07) is 10.3. The molecule has 1 aliphatic carbocycles. The number of thiocarbonyl (C=S) groups is 1. The van der Waals surface area contributed by atoms with E-state index in [1.165, 1.54) is 17.9 Å². The number of hydrogen-bond acceptors (Lipinski definition) is 7. The number of piperidine rings is 1. The van der Waals surface area contributed by atoms with Crippen LogP contribution in [0.3, 0.4) is 0 Å². The summed E-state index contributed by atoms with van der Waals surface area (Å²) >= 11 is 5.51. The first-order chi connectivity index (χ1) is 21.7. The molecule has 2 fully saturated rings. The second-order valence-corrected chi connectivity index (χ2v) is 12.7. The minimum atomic E-state index is -3.00. The molecule has 1 saturated carbocycles. The summed E-state index contributed by atoms with van der Waals surface area (Å²) in [5, 5.41) is 19.3. The molecule has 3 aromatic heterocycles. The van der Waals surface area contributed by atoms with E-state index < -0.39 is 23.3 Å². The van der Waals surface area contributed by atoms with Gasteiger partial charge in [0.05, 0.1) is 17.2 Å². The van der Waals surface area contributed by atoms with Gasteiger partial charge in [-0.1, -0.05) is 40.6 Å². The van der Waals surface area contributed by atoms with Crippen LogP contribution in [0.4, 0.5) is 14.6 Å². The van der Waals surface area contributed by atoms with Crippen LogP contribution in [0.5, 0.6) is 0 Å². The van der Waals surface area contributed by atoms with E-state index >= 15 is 8.78 Å². The Hall–Kier alpha value is -4.15. The molecule has 1 aromatic carbocycles. The summed E-state index contributed by atoms with van der Waals surface area (Å²) in [7, 11) is 0. The van der Waals surface area contributed by atoms with Crippen molar-refractivity contribution in [3.05, 3.63) is 75.6 Å². The monoisotopic (exact) mass is 630 g/mol. The minimum absolute atomic E-state index is 0.00663. The maximum atomic E-state index is 16.0. The highest BCUT2D eigenvalue weighted by molar-refractivity contribution is 7.79. The summed E-state index contributed by atoms with van der Waals surface area (Å²) in [4.78, 5) is 25.7. The van der Waals surface area contributed by atoms with E-state index in [9.17, 15) is 10.1 Å². The minimum Gasteiger partial charge on any atom is -0.297 e. The fourth-order valence-electron chi connectivity index (χ4n) is 6.87. The topological polar surface area (TPSA) is 110 Å². The fourth-order valence-corrected chi connectivity index (χ4v) is 7.16. The number of hydrogen-bond donors (Lipinski definition) is 0. The third-order valence-corrected chi connectivity index (χ3v) is 9.99. The van der Waals surface area contributed by atoms with Crippen molar-refractivity contribution >= 4 is 34.6 Å². The average molecular weight is 631 g/mol. The van der Waals surface area contributed by atoms with Crippen molar-refractivity contribution in [1.82, 2.24) is 29.4 Å². The number of fused-ring (bicyclic) bond motifs is 5. The highest BCUT2D eigenvalue weighted by atomic mass is 32.1. The fraction of sp³-hybridized carbons (Fsp3) is 0.469. The Bertz CT molecular complexity index is 1870. The van der Waals surface area contributed by atoms with Gasteiger partial charge < -0.3 is 0 Å². The van der Waals surface area contributed by atoms with E-state index in [1.807, 2.05) is 19.2 Å². The molecule has 10 bridgehead atoms. The van der Waals surface area contributed by atoms with Gasteiger partial charge in [-0.2, -0.15) is 5.26 Å². The van der Waals surface area contributed by atoms with Crippen LogP contribution in [0.15, 0.2) is 47.7 Å². The molecular weight excluding hydrogens is 596 g/mol. The van der Waals surface area contributed by atoms with Crippen molar-refractivity contribution in [3.63, 3.8) is 0 Å². The van der Waals surface area contributed by atoms with Crippen molar-refractivity contribution in [2.75, 3.05) is 18.0 Å². The number of H-pyrrole nitrogens is 1. The zero-order valence-corrected chi connectivity index (χ0v) is 25.8. The highest BCUT2D eigenvalue weighted by Gasteiger charge is 2.48. The predicted molar refractivity (Wildman–Crippen MR) is 167 cm³/mol. The number of nitrogens with one attached hydrogen (secondary N) is 1. The van der Waals surface area contributed by atoms with Gasteiger partial charge in [0.25, 0.3) is 11.5 Å². The Morgan fingerprint density at radius 1 is 1.16 bits per heavy atom. The van der Waals surface area contributed by atoms with Gasteiger partial charge in [-0.25, -0.2) is 18.7 Å². The predicted octanol–water partition coefficient (Wildman–Crippen LogP) is 4.29. The molecule has 1 saturated heterocycles. The molecule has 0 amide bonds. The summed E-state index contributed by atoms with van der Waals surface area (Å²) < 4.78 is 35.4. The first-order valence-corrected chi connectivity index (χ1v) is 15.9. The average Bonchev–Trinajstić information content (AvgIpc) is 3.73. The number of aromatic nitrogens is 6.